The molecule has 0 aliphatic heterocycles. The molecule has 10 heteroatoms. The van der Waals surface area contributed by atoms with Crippen molar-refractivity contribution in [1.29, 1.82) is 0 Å². The first kappa shape index (κ1) is 22.5. The topological polar surface area (TPSA) is 139 Å². The maximum atomic E-state index is 10.9. The number of aromatic nitrogens is 1. The molecule has 0 saturated heterocycles. The first-order chi connectivity index (χ1) is 14.7. The van der Waals surface area contributed by atoms with E-state index < -0.39 is 10.2 Å². The summed E-state index contributed by atoms with van der Waals surface area (Å²) in [5, 5.41) is 10.9. The quantitative estimate of drug-likeness (QED) is 0.248. The van der Waals surface area contributed by atoms with E-state index in [0.29, 0.717) is 0 Å². The minimum absolute atomic E-state index is 0.0949. The van der Waals surface area contributed by atoms with Gasteiger partial charge in [-0.15, -0.1) is 14.2 Å². The zero-order valence-electron chi connectivity index (χ0n) is 15.8. The van der Waals surface area contributed by atoms with Crippen LogP contribution in [0, 0.1) is 20.4 Å². The van der Waals surface area contributed by atoms with Crippen molar-refractivity contribution in [2.75, 3.05) is 0 Å². The molecule has 0 fully saturated rings. The molecule has 0 bridgehead atoms. The third kappa shape index (κ3) is 6.40. The summed E-state index contributed by atoms with van der Waals surface area (Å²) in [5.74, 6) is 0. The Balaban J connectivity index is 0.000000491. The van der Waals surface area contributed by atoms with Gasteiger partial charge in [-0.2, -0.15) is 0 Å². The minimum atomic E-state index is -4.94. The standard InChI is InChI=1S/C21H15N2O2S.ClHO4/c24-23(25)19-13-11-18(12-14-19)22-15-20(16-7-3-1-4-8-16)21(26-22)17-9-5-2-6-10-17;2-1(3,4)5/h1-15H;(H,2,3,4,5)/q+1;/p-1. The molecule has 0 unspecified atom stereocenters. The summed E-state index contributed by atoms with van der Waals surface area (Å²) in [6, 6.07) is 27.1. The Morgan fingerprint density at radius 2 is 1.23 bits per heavy atom. The van der Waals surface area contributed by atoms with Gasteiger partial charge in [-0.1, -0.05) is 60.7 Å². The highest BCUT2D eigenvalue weighted by molar-refractivity contribution is 7.06. The Morgan fingerprint density at radius 3 is 1.71 bits per heavy atom. The van der Waals surface area contributed by atoms with Crippen LogP contribution in [0.2, 0.25) is 0 Å². The highest BCUT2D eigenvalue weighted by atomic mass is 35.7. The third-order valence-corrected chi connectivity index (χ3v) is 5.27. The molecule has 0 atom stereocenters. The highest BCUT2D eigenvalue weighted by Crippen LogP contribution is 2.34. The van der Waals surface area contributed by atoms with E-state index in [9.17, 15) is 10.1 Å². The number of nitro benzene ring substituents is 1. The van der Waals surface area contributed by atoms with Crippen LogP contribution >= 0.6 is 11.5 Å². The van der Waals surface area contributed by atoms with Crippen molar-refractivity contribution in [3.63, 3.8) is 0 Å². The number of hydrogen-bond donors (Lipinski definition) is 0. The van der Waals surface area contributed by atoms with Gasteiger partial charge in [-0.05, 0) is 11.1 Å². The minimum Gasteiger partial charge on any atom is -0.258 e. The lowest BCUT2D eigenvalue weighted by Gasteiger charge is -2.17. The van der Waals surface area contributed by atoms with Crippen molar-refractivity contribution in [2.45, 2.75) is 0 Å². The van der Waals surface area contributed by atoms with Gasteiger partial charge in [0, 0.05) is 24.3 Å². The van der Waals surface area contributed by atoms with E-state index in [4.69, 9.17) is 18.6 Å². The maximum absolute atomic E-state index is 10.9. The Kier molecular flexibility index (Phi) is 7.08. The summed E-state index contributed by atoms with van der Waals surface area (Å²) in [6.45, 7) is 0. The highest BCUT2D eigenvalue weighted by Gasteiger charge is 2.21. The summed E-state index contributed by atoms with van der Waals surface area (Å²) in [5.41, 5.74) is 4.43. The monoisotopic (exact) mass is 458 g/mol. The molecule has 0 radical (unpaired) electrons. The number of hydrogen-bond acceptors (Lipinski definition) is 7. The molecular formula is C21H15ClN2O6S. The lowest BCUT2D eigenvalue weighted by Crippen LogP contribution is -2.68. The Labute approximate surface area is 183 Å². The Morgan fingerprint density at radius 1 is 0.742 bits per heavy atom. The summed E-state index contributed by atoms with van der Waals surface area (Å²) in [6.07, 6.45) is 2.09. The molecule has 4 aromatic rings. The van der Waals surface area contributed by atoms with Crippen LogP contribution in [0.15, 0.2) is 91.1 Å². The molecule has 4 rings (SSSR count). The third-order valence-electron chi connectivity index (χ3n) is 4.12. The van der Waals surface area contributed by atoms with Crippen LogP contribution in [0.3, 0.4) is 0 Å². The van der Waals surface area contributed by atoms with Crippen LogP contribution in [0.1, 0.15) is 0 Å². The van der Waals surface area contributed by atoms with Gasteiger partial charge >= 0.3 is 0 Å². The number of benzene rings is 3. The molecule has 158 valence electrons. The Bertz CT molecular complexity index is 1080. The summed E-state index contributed by atoms with van der Waals surface area (Å²) in [4.78, 5) is 11.7. The van der Waals surface area contributed by atoms with Gasteiger partial charge in [-0.3, -0.25) is 10.1 Å². The summed E-state index contributed by atoms with van der Waals surface area (Å²) >= 11 is 1.62. The van der Waals surface area contributed by atoms with E-state index in [0.717, 1.165) is 27.3 Å². The van der Waals surface area contributed by atoms with Crippen molar-refractivity contribution >= 4 is 17.2 Å². The van der Waals surface area contributed by atoms with Crippen molar-refractivity contribution in [3.05, 3.63) is 101 Å². The van der Waals surface area contributed by atoms with Crippen molar-refractivity contribution in [1.82, 2.24) is 0 Å². The predicted octanol–water partition coefficient (Wildman–Crippen LogP) is 0.511. The first-order valence-electron chi connectivity index (χ1n) is 8.76. The molecule has 0 amide bonds. The van der Waals surface area contributed by atoms with Gasteiger partial charge in [0.1, 0.15) is 16.4 Å². The fraction of sp³-hybridized carbons (Fsp3) is 0. The number of rotatable bonds is 4. The Hall–Kier alpha value is -3.18. The molecule has 0 N–H and O–H groups in total. The second kappa shape index (κ2) is 9.75. The second-order valence-electron chi connectivity index (χ2n) is 6.17. The molecule has 1 heterocycles. The zero-order valence-corrected chi connectivity index (χ0v) is 17.4. The lowest BCUT2D eigenvalue weighted by atomic mass is 10.0. The molecule has 0 spiro atoms. The van der Waals surface area contributed by atoms with Crippen LogP contribution in [0.25, 0.3) is 27.3 Å². The van der Waals surface area contributed by atoms with Crippen molar-refractivity contribution < 1.29 is 37.8 Å². The molecular weight excluding hydrogens is 444 g/mol. The predicted molar refractivity (Wildman–Crippen MR) is 103 cm³/mol. The average molecular weight is 459 g/mol. The number of nitro groups is 1. The molecule has 0 saturated carbocycles. The van der Waals surface area contributed by atoms with Crippen LogP contribution in [0.5, 0.6) is 0 Å². The van der Waals surface area contributed by atoms with Crippen molar-refractivity contribution in [2.24, 2.45) is 0 Å². The van der Waals surface area contributed by atoms with Gasteiger partial charge in [-0.25, -0.2) is 18.6 Å². The number of halogens is 1. The summed E-state index contributed by atoms with van der Waals surface area (Å²) in [7, 11) is -4.94. The van der Waals surface area contributed by atoms with Gasteiger partial charge in [0.25, 0.3) is 5.69 Å². The fourth-order valence-corrected chi connectivity index (χ4v) is 3.91. The van der Waals surface area contributed by atoms with E-state index in [1.807, 2.05) is 40.4 Å². The molecule has 1 aromatic heterocycles. The maximum Gasteiger partial charge on any atom is 0.269 e. The van der Waals surface area contributed by atoms with Gasteiger partial charge < -0.3 is 0 Å². The SMILES string of the molecule is O=[N+]([O-])c1ccc(-[n+]2cc(-c3ccccc3)c(-c3ccccc3)s2)cc1.[O-][Cl+3]([O-])([O-])[O-]. The van der Waals surface area contributed by atoms with E-state index in [1.54, 1.807) is 23.7 Å². The van der Waals surface area contributed by atoms with Crippen molar-refractivity contribution in [3.8, 4) is 27.3 Å². The van der Waals surface area contributed by atoms with Crippen LogP contribution in [-0.2, 0) is 0 Å². The molecule has 31 heavy (non-hydrogen) atoms. The molecule has 8 nitrogen and oxygen atoms in total. The van der Waals surface area contributed by atoms with E-state index in [2.05, 4.69) is 30.5 Å². The molecule has 0 aliphatic rings. The summed E-state index contributed by atoms with van der Waals surface area (Å²) < 4.78 is 36.0. The van der Waals surface area contributed by atoms with Crippen LogP contribution in [-0.4, -0.2) is 4.92 Å². The molecule has 0 aliphatic carbocycles. The molecule has 3 aromatic carbocycles. The normalized spacial score (nSPS) is 10.8. The number of nitrogens with zero attached hydrogens (tertiary/aromatic N) is 2. The smallest absolute Gasteiger partial charge is 0.258 e. The number of non-ortho nitro benzene ring substituents is 1. The average Bonchev–Trinajstić information content (AvgIpc) is 3.19. The zero-order chi connectivity index (χ0) is 22.4. The second-order valence-corrected chi connectivity index (χ2v) is 7.91. The van der Waals surface area contributed by atoms with E-state index >= 15 is 0 Å². The van der Waals surface area contributed by atoms with Crippen LogP contribution in [0.4, 0.5) is 5.69 Å². The van der Waals surface area contributed by atoms with Gasteiger partial charge in [0.05, 0.1) is 10.5 Å². The van der Waals surface area contributed by atoms with E-state index in [-0.39, 0.29) is 10.6 Å². The van der Waals surface area contributed by atoms with Gasteiger partial charge in [0.2, 0.25) is 5.69 Å². The van der Waals surface area contributed by atoms with Gasteiger partial charge in [0.15, 0.2) is 6.20 Å². The van der Waals surface area contributed by atoms with Crippen LogP contribution < -0.4 is 22.6 Å². The first-order valence-corrected chi connectivity index (χ1v) is 10.8. The van der Waals surface area contributed by atoms with E-state index in [1.165, 1.54) is 12.1 Å². The fourth-order valence-electron chi connectivity index (χ4n) is 2.82. The largest absolute Gasteiger partial charge is 0.269 e. The lowest BCUT2D eigenvalue weighted by molar-refractivity contribution is -2.00.